The summed E-state index contributed by atoms with van der Waals surface area (Å²) in [7, 11) is 0. The zero-order valence-corrected chi connectivity index (χ0v) is 13.8. The van der Waals surface area contributed by atoms with E-state index in [-0.39, 0.29) is 24.3 Å². The second kappa shape index (κ2) is 8.42. The summed E-state index contributed by atoms with van der Waals surface area (Å²) in [5, 5.41) is 2.59. The molecular formula is C17H22FN3O3. The molecular weight excluding hydrogens is 313 g/mol. The molecule has 1 aliphatic rings. The molecule has 1 N–H and O–H groups in total. The van der Waals surface area contributed by atoms with Crippen LogP contribution in [0.15, 0.2) is 24.3 Å². The van der Waals surface area contributed by atoms with Gasteiger partial charge in [0, 0.05) is 38.2 Å². The first-order valence-electron chi connectivity index (χ1n) is 8.10. The van der Waals surface area contributed by atoms with E-state index in [0.717, 1.165) is 6.42 Å². The highest BCUT2D eigenvalue weighted by atomic mass is 19.1. The van der Waals surface area contributed by atoms with Crippen LogP contribution in [0.5, 0.6) is 0 Å². The van der Waals surface area contributed by atoms with Crippen molar-refractivity contribution in [2.75, 3.05) is 32.7 Å². The number of piperazine rings is 1. The molecule has 0 aliphatic carbocycles. The minimum absolute atomic E-state index is 0.0172. The summed E-state index contributed by atoms with van der Waals surface area (Å²) in [5.41, 5.74) is 0.307. The van der Waals surface area contributed by atoms with E-state index in [9.17, 15) is 18.8 Å². The summed E-state index contributed by atoms with van der Waals surface area (Å²) in [6.07, 6.45) is 1.14. The van der Waals surface area contributed by atoms with Crippen LogP contribution >= 0.6 is 0 Å². The zero-order chi connectivity index (χ0) is 17.5. The highest BCUT2D eigenvalue weighted by Crippen LogP contribution is 2.10. The van der Waals surface area contributed by atoms with Gasteiger partial charge in [0.2, 0.25) is 11.8 Å². The molecule has 0 bridgehead atoms. The third-order valence-electron chi connectivity index (χ3n) is 3.91. The van der Waals surface area contributed by atoms with Gasteiger partial charge in [0.05, 0.1) is 6.54 Å². The largest absolute Gasteiger partial charge is 0.347 e. The lowest BCUT2D eigenvalue weighted by Crippen LogP contribution is -2.52. The summed E-state index contributed by atoms with van der Waals surface area (Å²) < 4.78 is 13.2. The van der Waals surface area contributed by atoms with E-state index in [1.54, 1.807) is 15.9 Å². The minimum atomic E-state index is -0.447. The van der Waals surface area contributed by atoms with E-state index in [4.69, 9.17) is 0 Å². The van der Waals surface area contributed by atoms with Crippen molar-refractivity contribution >= 4 is 17.7 Å². The van der Waals surface area contributed by atoms with Crippen LogP contribution in [0, 0.1) is 5.82 Å². The van der Waals surface area contributed by atoms with Gasteiger partial charge in [0.25, 0.3) is 5.91 Å². The Morgan fingerprint density at radius 3 is 2.42 bits per heavy atom. The van der Waals surface area contributed by atoms with Gasteiger partial charge in [-0.05, 0) is 24.6 Å². The smallest absolute Gasteiger partial charge is 0.254 e. The lowest BCUT2D eigenvalue weighted by Gasteiger charge is -2.34. The standard InChI is InChI=1S/C17H22FN3O3/c1-2-4-15(22)19-12-16(23)20-7-9-21(10-8-20)17(24)13-5-3-6-14(18)11-13/h3,5-6,11H,2,4,7-10,12H2,1H3,(H,19,22). The van der Waals surface area contributed by atoms with E-state index in [2.05, 4.69) is 5.32 Å². The van der Waals surface area contributed by atoms with Crippen LogP contribution in [0.25, 0.3) is 0 Å². The number of carbonyl (C=O) groups is 3. The second-order valence-electron chi connectivity index (χ2n) is 5.71. The highest BCUT2D eigenvalue weighted by Gasteiger charge is 2.25. The number of nitrogens with zero attached hydrogens (tertiary/aromatic N) is 2. The van der Waals surface area contributed by atoms with E-state index in [1.807, 2.05) is 6.92 Å². The van der Waals surface area contributed by atoms with E-state index < -0.39 is 5.82 Å². The Morgan fingerprint density at radius 2 is 1.79 bits per heavy atom. The fraction of sp³-hybridized carbons (Fsp3) is 0.471. The average Bonchev–Trinajstić information content (AvgIpc) is 2.59. The summed E-state index contributed by atoms with van der Waals surface area (Å²) in [5.74, 6) is -0.974. The van der Waals surface area contributed by atoms with Gasteiger partial charge in [-0.2, -0.15) is 0 Å². The van der Waals surface area contributed by atoms with E-state index in [0.29, 0.717) is 38.2 Å². The van der Waals surface area contributed by atoms with Crippen LogP contribution in [0.4, 0.5) is 4.39 Å². The molecule has 0 aromatic heterocycles. The first-order chi connectivity index (χ1) is 11.5. The van der Waals surface area contributed by atoms with Crippen molar-refractivity contribution in [1.29, 1.82) is 0 Å². The molecule has 0 atom stereocenters. The first kappa shape index (κ1) is 17.9. The normalized spacial score (nSPS) is 14.4. The maximum atomic E-state index is 13.2. The molecule has 130 valence electrons. The molecule has 1 fully saturated rings. The minimum Gasteiger partial charge on any atom is -0.347 e. The first-order valence-corrected chi connectivity index (χ1v) is 8.10. The molecule has 1 aliphatic heterocycles. The van der Waals surface area contributed by atoms with Crippen molar-refractivity contribution < 1.29 is 18.8 Å². The third-order valence-corrected chi connectivity index (χ3v) is 3.91. The van der Waals surface area contributed by atoms with Gasteiger partial charge in [0.1, 0.15) is 5.82 Å². The van der Waals surface area contributed by atoms with Gasteiger partial charge in [-0.25, -0.2) is 4.39 Å². The van der Waals surface area contributed by atoms with E-state index in [1.165, 1.54) is 18.2 Å². The monoisotopic (exact) mass is 335 g/mol. The van der Waals surface area contributed by atoms with Gasteiger partial charge in [-0.1, -0.05) is 13.0 Å². The van der Waals surface area contributed by atoms with Gasteiger partial charge >= 0.3 is 0 Å². The Hall–Kier alpha value is -2.44. The highest BCUT2D eigenvalue weighted by molar-refractivity contribution is 5.94. The Labute approximate surface area is 140 Å². The molecule has 0 unspecified atom stereocenters. The van der Waals surface area contributed by atoms with Crippen LogP contribution in [0.1, 0.15) is 30.1 Å². The SMILES string of the molecule is CCCC(=O)NCC(=O)N1CCN(C(=O)c2cccc(F)c2)CC1. The predicted molar refractivity (Wildman–Crippen MR) is 86.8 cm³/mol. The number of rotatable bonds is 5. The van der Waals surface area contributed by atoms with Gasteiger partial charge in [0.15, 0.2) is 0 Å². The molecule has 24 heavy (non-hydrogen) atoms. The number of benzene rings is 1. The van der Waals surface area contributed by atoms with Crippen molar-refractivity contribution in [2.24, 2.45) is 0 Å². The van der Waals surface area contributed by atoms with Crippen molar-refractivity contribution in [3.05, 3.63) is 35.6 Å². The Kier molecular flexibility index (Phi) is 6.28. The fourth-order valence-electron chi connectivity index (χ4n) is 2.56. The molecule has 6 nitrogen and oxygen atoms in total. The Bertz CT molecular complexity index is 613. The van der Waals surface area contributed by atoms with Crippen molar-refractivity contribution in [3.63, 3.8) is 0 Å². The Morgan fingerprint density at radius 1 is 1.12 bits per heavy atom. The maximum Gasteiger partial charge on any atom is 0.254 e. The van der Waals surface area contributed by atoms with Crippen LogP contribution in [0.2, 0.25) is 0 Å². The van der Waals surface area contributed by atoms with Gasteiger partial charge in [-0.15, -0.1) is 0 Å². The predicted octanol–water partition coefficient (Wildman–Crippen LogP) is 1.03. The van der Waals surface area contributed by atoms with Crippen LogP contribution in [-0.2, 0) is 9.59 Å². The molecule has 0 radical (unpaired) electrons. The summed E-state index contributed by atoms with van der Waals surface area (Å²) in [6, 6.07) is 5.58. The molecule has 1 heterocycles. The van der Waals surface area contributed by atoms with Crippen LogP contribution in [0.3, 0.4) is 0 Å². The lowest BCUT2D eigenvalue weighted by atomic mass is 10.1. The molecule has 1 aromatic rings. The maximum absolute atomic E-state index is 13.2. The van der Waals surface area contributed by atoms with Crippen molar-refractivity contribution in [1.82, 2.24) is 15.1 Å². The third kappa shape index (κ3) is 4.78. The lowest BCUT2D eigenvalue weighted by molar-refractivity contribution is -0.134. The van der Waals surface area contributed by atoms with Crippen LogP contribution < -0.4 is 5.32 Å². The fourth-order valence-corrected chi connectivity index (χ4v) is 2.56. The molecule has 0 saturated carbocycles. The van der Waals surface area contributed by atoms with Gasteiger partial charge in [-0.3, -0.25) is 14.4 Å². The molecule has 1 aromatic carbocycles. The van der Waals surface area contributed by atoms with Crippen molar-refractivity contribution in [3.8, 4) is 0 Å². The zero-order valence-electron chi connectivity index (χ0n) is 13.8. The molecule has 0 spiro atoms. The Balaban J connectivity index is 1.81. The number of nitrogens with one attached hydrogen (secondary N) is 1. The number of halogens is 1. The van der Waals surface area contributed by atoms with Crippen LogP contribution in [-0.4, -0.2) is 60.2 Å². The summed E-state index contributed by atoms with van der Waals surface area (Å²) in [4.78, 5) is 39.0. The number of hydrogen-bond acceptors (Lipinski definition) is 3. The number of carbonyl (C=O) groups excluding carboxylic acids is 3. The van der Waals surface area contributed by atoms with E-state index >= 15 is 0 Å². The topological polar surface area (TPSA) is 69.7 Å². The van der Waals surface area contributed by atoms with Crippen molar-refractivity contribution in [2.45, 2.75) is 19.8 Å². The summed E-state index contributed by atoms with van der Waals surface area (Å²) in [6.45, 7) is 3.48. The average molecular weight is 335 g/mol. The quantitative estimate of drug-likeness (QED) is 0.874. The summed E-state index contributed by atoms with van der Waals surface area (Å²) >= 11 is 0. The molecule has 3 amide bonds. The molecule has 2 rings (SSSR count). The number of hydrogen-bond donors (Lipinski definition) is 1. The molecule has 7 heteroatoms. The van der Waals surface area contributed by atoms with Gasteiger partial charge < -0.3 is 15.1 Å². The molecule has 1 saturated heterocycles. The number of amides is 3. The second-order valence-corrected chi connectivity index (χ2v) is 5.71.